The highest BCUT2D eigenvalue weighted by Gasteiger charge is 2.36. The molecule has 1 amide bonds. The average molecular weight is 355 g/mol. The minimum atomic E-state index is -1.59. The molecular formula is C18H34N2O3Si. The highest BCUT2D eigenvalue weighted by molar-refractivity contribution is 6.74. The molecule has 138 valence electrons. The number of nitrogens with one attached hydrogen (secondary N) is 1. The van der Waals surface area contributed by atoms with Crippen molar-refractivity contribution in [3.8, 4) is 0 Å². The van der Waals surface area contributed by atoms with E-state index < -0.39 is 8.32 Å². The molecule has 0 aliphatic rings. The van der Waals surface area contributed by atoms with Gasteiger partial charge in [0.05, 0.1) is 13.2 Å². The summed E-state index contributed by atoms with van der Waals surface area (Å²) in [5, 5.41) is 11.4. The molecular weight excluding hydrogens is 320 g/mol. The van der Waals surface area contributed by atoms with Gasteiger partial charge in [0.2, 0.25) is 0 Å². The summed E-state index contributed by atoms with van der Waals surface area (Å²) in [6.07, 6.45) is 0. The quantitative estimate of drug-likeness (QED) is 0.798. The van der Waals surface area contributed by atoms with Crippen LogP contribution < -0.4 is 10.2 Å². The van der Waals surface area contributed by atoms with Crippen molar-refractivity contribution < 1.29 is 14.3 Å². The Kier molecular flexibility index (Phi) is 9.25. The molecule has 0 heterocycles. The van der Waals surface area contributed by atoms with Crippen molar-refractivity contribution in [3.63, 3.8) is 0 Å². The van der Waals surface area contributed by atoms with Gasteiger partial charge in [0, 0.05) is 32.4 Å². The molecule has 0 saturated carbocycles. The summed E-state index contributed by atoms with van der Waals surface area (Å²) < 4.78 is 5.63. The third-order valence-corrected chi connectivity index (χ3v) is 8.77. The fourth-order valence-corrected chi connectivity index (χ4v) is 2.61. The molecule has 24 heavy (non-hydrogen) atoms. The zero-order valence-corrected chi connectivity index (χ0v) is 17.4. The molecule has 0 aromatic heterocycles. The van der Waals surface area contributed by atoms with E-state index in [1.807, 2.05) is 43.3 Å². The SMILES string of the molecule is CC(C)(C)[Si](C)(C)OCCO.CNC(=O)c1ccc(N(C)C)cc1. The molecule has 6 heteroatoms. The number of rotatable bonds is 5. The van der Waals surface area contributed by atoms with Gasteiger partial charge in [-0.2, -0.15) is 0 Å². The zero-order valence-electron chi connectivity index (χ0n) is 16.4. The van der Waals surface area contributed by atoms with Crippen LogP contribution in [0, 0.1) is 0 Å². The lowest BCUT2D eigenvalue weighted by atomic mass is 10.2. The Morgan fingerprint density at radius 3 is 2.04 bits per heavy atom. The number of amides is 1. The number of carbonyl (C=O) groups is 1. The fourth-order valence-electron chi connectivity index (χ4n) is 1.57. The van der Waals surface area contributed by atoms with Crippen LogP contribution in [0.1, 0.15) is 31.1 Å². The highest BCUT2D eigenvalue weighted by atomic mass is 28.4. The lowest BCUT2D eigenvalue weighted by Gasteiger charge is -2.35. The number of anilines is 1. The second-order valence-corrected chi connectivity index (χ2v) is 12.2. The number of hydrogen-bond donors (Lipinski definition) is 2. The molecule has 0 bridgehead atoms. The maximum atomic E-state index is 11.2. The van der Waals surface area contributed by atoms with Crippen LogP contribution in [0.15, 0.2) is 24.3 Å². The third kappa shape index (κ3) is 7.46. The molecule has 1 rings (SSSR count). The molecule has 5 nitrogen and oxygen atoms in total. The third-order valence-electron chi connectivity index (χ3n) is 4.23. The summed E-state index contributed by atoms with van der Waals surface area (Å²) in [5.41, 5.74) is 1.78. The summed E-state index contributed by atoms with van der Waals surface area (Å²) >= 11 is 0. The van der Waals surface area contributed by atoms with Gasteiger partial charge in [-0.25, -0.2) is 0 Å². The first-order valence-electron chi connectivity index (χ1n) is 8.20. The molecule has 1 aromatic carbocycles. The normalized spacial score (nSPS) is 11.4. The molecule has 0 atom stereocenters. The number of carbonyl (C=O) groups excluding carboxylic acids is 1. The maximum Gasteiger partial charge on any atom is 0.251 e. The largest absolute Gasteiger partial charge is 0.414 e. The molecule has 0 unspecified atom stereocenters. The van der Waals surface area contributed by atoms with Gasteiger partial charge in [0.15, 0.2) is 8.32 Å². The number of nitrogens with zero attached hydrogens (tertiary/aromatic N) is 1. The first kappa shape index (κ1) is 22.6. The summed E-state index contributed by atoms with van der Waals surface area (Å²) in [7, 11) is 3.98. The summed E-state index contributed by atoms with van der Waals surface area (Å²) in [6, 6.07) is 7.47. The van der Waals surface area contributed by atoms with E-state index in [1.54, 1.807) is 7.05 Å². The molecule has 0 aliphatic heterocycles. The van der Waals surface area contributed by atoms with Gasteiger partial charge < -0.3 is 19.7 Å². The number of aliphatic hydroxyl groups is 1. The zero-order chi connectivity index (χ0) is 19.0. The number of benzene rings is 1. The Hall–Kier alpha value is -1.37. The summed E-state index contributed by atoms with van der Waals surface area (Å²) in [6.45, 7) is 11.6. The maximum absolute atomic E-state index is 11.2. The van der Waals surface area contributed by atoms with Gasteiger partial charge in [-0.15, -0.1) is 0 Å². The minimum absolute atomic E-state index is 0.0506. The predicted molar refractivity (Wildman–Crippen MR) is 104 cm³/mol. The first-order chi connectivity index (χ1) is 11.0. The second-order valence-electron chi connectivity index (χ2n) is 7.35. The van der Waals surface area contributed by atoms with E-state index >= 15 is 0 Å². The van der Waals surface area contributed by atoms with Crippen LogP contribution >= 0.6 is 0 Å². The van der Waals surface area contributed by atoms with E-state index in [2.05, 4.69) is 39.2 Å². The van der Waals surface area contributed by atoms with Crippen molar-refractivity contribution in [2.24, 2.45) is 0 Å². The topological polar surface area (TPSA) is 61.8 Å². The lowest BCUT2D eigenvalue weighted by molar-refractivity contribution is 0.0963. The van der Waals surface area contributed by atoms with E-state index in [0.29, 0.717) is 12.2 Å². The molecule has 0 saturated heterocycles. The van der Waals surface area contributed by atoms with Gasteiger partial charge >= 0.3 is 0 Å². The Morgan fingerprint density at radius 1 is 1.21 bits per heavy atom. The monoisotopic (exact) mass is 354 g/mol. The van der Waals surface area contributed by atoms with Crippen molar-refractivity contribution >= 4 is 19.9 Å². The standard InChI is InChI=1S/C10H14N2O.C8H20O2Si/c1-11-10(13)8-4-6-9(7-5-8)12(2)3;1-8(2,3)11(4,5)10-7-6-9/h4-7H,1-3H3,(H,11,13);9H,6-7H2,1-5H3. The highest BCUT2D eigenvalue weighted by Crippen LogP contribution is 2.36. The van der Waals surface area contributed by atoms with Crippen LogP contribution in [-0.4, -0.2) is 53.7 Å². The smallest absolute Gasteiger partial charge is 0.251 e. The van der Waals surface area contributed by atoms with E-state index in [9.17, 15) is 4.79 Å². The van der Waals surface area contributed by atoms with Crippen molar-refractivity contribution in [1.82, 2.24) is 5.32 Å². The average Bonchev–Trinajstić information content (AvgIpc) is 2.51. The van der Waals surface area contributed by atoms with Gasteiger partial charge in [-0.3, -0.25) is 4.79 Å². The van der Waals surface area contributed by atoms with Crippen molar-refractivity contribution in [2.45, 2.75) is 38.9 Å². The minimum Gasteiger partial charge on any atom is -0.414 e. The Bertz CT molecular complexity index is 494. The van der Waals surface area contributed by atoms with Crippen LogP contribution in [0.25, 0.3) is 0 Å². The lowest BCUT2D eigenvalue weighted by Crippen LogP contribution is -2.41. The predicted octanol–water partition coefficient (Wildman–Crippen LogP) is 3.11. The van der Waals surface area contributed by atoms with Crippen LogP contribution in [0.5, 0.6) is 0 Å². The van der Waals surface area contributed by atoms with E-state index in [-0.39, 0.29) is 17.6 Å². The number of aliphatic hydroxyl groups excluding tert-OH is 1. The van der Waals surface area contributed by atoms with Gasteiger partial charge in [-0.1, -0.05) is 20.8 Å². The summed E-state index contributed by atoms with van der Waals surface area (Å²) in [5.74, 6) is -0.0506. The second kappa shape index (κ2) is 9.81. The Morgan fingerprint density at radius 2 is 1.71 bits per heavy atom. The molecule has 0 radical (unpaired) electrons. The molecule has 2 N–H and O–H groups in total. The first-order valence-corrected chi connectivity index (χ1v) is 11.1. The van der Waals surface area contributed by atoms with E-state index in [4.69, 9.17) is 9.53 Å². The Labute approximate surface area is 148 Å². The Balaban J connectivity index is 0.000000449. The van der Waals surface area contributed by atoms with Gasteiger partial charge in [0.25, 0.3) is 5.91 Å². The van der Waals surface area contributed by atoms with Crippen molar-refractivity contribution in [3.05, 3.63) is 29.8 Å². The molecule has 0 fully saturated rings. The van der Waals surface area contributed by atoms with E-state index in [1.165, 1.54) is 0 Å². The molecule has 0 spiro atoms. The van der Waals surface area contributed by atoms with Gasteiger partial charge in [0.1, 0.15) is 0 Å². The van der Waals surface area contributed by atoms with Crippen LogP contribution in [0.2, 0.25) is 18.1 Å². The molecule has 0 aliphatic carbocycles. The van der Waals surface area contributed by atoms with Crippen molar-refractivity contribution in [1.29, 1.82) is 0 Å². The molecule has 1 aromatic rings. The van der Waals surface area contributed by atoms with Gasteiger partial charge in [-0.05, 0) is 42.4 Å². The van der Waals surface area contributed by atoms with Crippen LogP contribution in [-0.2, 0) is 4.43 Å². The van der Waals surface area contributed by atoms with Crippen LogP contribution in [0.3, 0.4) is 0 Å². The van der Waals surface area contributed by atoms with E-state index in [0.717, 1.165) is 5.69 Å². The van der Waals surface area contributed by atoms with Crippen LogP contribution in [0.4, 0.5) is 5.69 Å². The summed E-state index contributed by atoms with van der Waals surface area (Å²) in [4.78, 5) is 13.2. The number of hydrogen-bond acceptors (Lipinski definition) is 4. The van der Waals surface area contributed by atoms with Crippen molar-refractivity contribution in [2.75, 3.05) is 39.3 Å². The fraction of sp³-hybridized carbons (Fsp3) is 0.611.